The molecule has 1 aromatic carbocycles. The summed E-state index contributed by atoms with van der Waals surface area (Å²) in [6.45, 7) is 3.35. The molecule has 0 aliphatic heterocycles. The van der Waals surface area contributed by atoms with Gasteiger partial charge in [0.15, 0.2) is 0 Å². The van der Waals surface area contributed by atoms with Gasteiger partial charge < -0.3 is 5.73 Å². The zero-order valence-electron chi connectivity index (χ0n) is 10.5. The van der Waals surface area contributed by atoms with Crippen LogP contribution < -0.4 is 10.5 Å². The fraction of sp³-hybridized carbons (Fsp3) is 0.417. The van der Waals surface area contributed by atoms with Crippen molar-refractivity contribution in [3.8, 4) is 0 Å². The molecule has 0 heterocycles. The van der Waals surface area contributed by atoms with Gasteiger partial charge in [0.2, 0.25) is 15.9 Å². The van der Waals surface area contributed by atoms with Crippen molar-refractivity contribution in [3.63, 3.8) is 0 Å². The van der Waals surface area contributed by atoms with Crippen molar-refractivity contribution in [1.82, 2.24) is 4.72 Å². The number of nitrogens with one attached hydrogen (secondary N) is 1. The maximum Gasteiger partial charge on any atom is 0.237 e. The highest BCUT2D eigenvalue weighted by atomic mass is 32.2. The summed E-state index contributed by atoms with van der Waals surface area (Å²) >= 11 is 0. The molecule has 0 radical (unpaired) electrons. The lowest BCUT2D eigenvalue weighted by Crippen LogP contribution is -2.36. The van der Waals surface area contributed by atoms with Crippen LogP contribution in [-0.4, -0.2) is 19.6 Å². The molecule has 0 aromatic heterocycles. The predicted octanol–water partition coefficient (Wildman–Crippen LogP) is 0.542. The minimum atomic E-state index is -3.57. The van der Waals surface area contributed by atoms with E-state index in [2.05, 4.69) is 0 Å². The Morgan fingerprint density at radius 3 is 2.33 bits per heavy atom. The van der Waals surface area contributed by atoms with Gasteiger partial charge in [0, 0.05) is 6.54 Å². The van der Waals surface area contributed by atoms with Crippen LogP contribution in [0.25, 0.3) is 0 Å². The Labute approximate surface area is 107 Å². The monoisotopic (exact) mass is 270 g/mol. The normalized spacial score (nSPS) is 11.6. The third-order valence-corrected chi connectivity index (χ3v) is 4.32. The molecule has 6 heteroatoms. The van der Waals surface area contributed by atoms with Crippen LogP contribution in [0.2, 0.25) is 0 Å². The second-order valence-electron chi connectivity index (χ2n) is 4.27. The van der Waals surface area contributed by atoms with Crippen molar-refractivity contribution in [2.24, 2.45) is 5.73 Å². The summed E-state index contributed by atoms with van der Waals surface area (Å²) in [6.07, 6.45) is 0.0132. The lowest BCUT2D eigenvalue weighted by atomic mass is 10.0. The van der Waals surface area contributed by atoms with Gasteiger partial charge in [0.05, 0.1) is 11.7 Å². The van der Waals surface area contributed by atoms with E-state index in [9.17, 15) is 13.2 Å². The Hall–Kier alpha value is -1.40. The molecular formula is C12H18N2O3S. The molecule has 0 saturated carbocycles. The molecule has 0 saturated heterocycles. The maximum absolute atomic E-state index is 11.7. The molecule has 0 spiro atoms. The summed E-state index contributed by atoms with van der Waals surface area (Å²) in [5, 5.41) is -0.633. The van der Waals surface area contributed by atoms with Crippen LogP contribution in [0.15, 0.2) is 24.3 Å². The highest BCUT2D eigenvalue weighted by molar-refractivity contribution is 7.90. The highest BCUT2D eigenvalue weighted by Gasteiger charge is 2.19. The first kappa shape index (κ1) is 14.7. The van der Waals surface area contributed by atoms with Gasteiger partial charge in [-0.2, -0.15) is 0 Å². The van der Waals surface area contributed by atoms with E-state index in [1.54, 1.807) is 12.1 Å². The average molecular weight is 270 g/mol. The molecule has 1 rings (SSSR count). The van der Waals surface area contributed by atoms with Crippen LogP contribution in [0, 0.1) is 0 Å². The molecular weight excluding hydrogens is 252 g/mol. The molecule has 0 atom stereocenters. The number of sulfonamides is 1. The standard InChI is InChI=1S/C12H18N2O3S/c1-9(2)18(16,17)14-12(15)7-10-5-3-4-6-11(10)8-13/h3-6,9H,7-8,13H2,1-2H3,(H,14,15). The van der Waals surface area contributed by atoms with Gasteiger partial charge in [-0.3, -0.25) is 9.52 Å². The van der Waals surface area contributed by atoms with Gasteiger partial charge in [-0.05, 0) is 25.0 Å². The fourth-order valence-corrected chi connectivity index (χ4v) is 2.04. The van der Waals surface area contributed by atoms with E-state index in [4.69, 9.17) is 5.73 Å². The third-order valence-electron chi connectivity index (χ3n) is 2.57. The fourth-order valence-electron chi connectivity index (χ4n) is 1.41. The van der Waals surface area contributed by atoms with Crippen LogP contribution in [0.4, 0.5) is 0 Å². The summed E-state index contributed by atoms with van der Waals surface area (Å²) in [7, 11) is -3.57. The molecule has 0 aliphatic carbocycles. The van der Waals surface area contributed by atoms with E-state index in [0.717, 1.165) is 11.1 Å². The van der Waals surface area contributed by atoms with Crippen molar-refractivity contribution in [3.05, 3.63) is 35.4 Å². The lowest BCUT2D eigenvalue weighted by molar-refractivity contribution is -0.118. The van der Waals surface area contributed by atoms with E-state index in [1.807, 2.05) is 16.9 Å². The molecule has 18 heavy (non-hydrogen) atoms. The van der Waals surface area contributed by atoms with Crippen LogP contribution in [-0.2, 0) is 27.8 Å². The summed E-state index contributed by atoms with van der Waals surface area (Å²) in [5.74, 6) is -0.537. The van der Waals surface area contributed by atoms with Gasteiger partial charge in [-0.25, -0.2) is 8.42 Å². The van der Waals surface area contributed by atoms with Crippen molar-refractivity contribution in [2.45, 2.75) is 32.1 Å². The minimum absolute atomic E-state index is 0.0132. The Morgan fingerprint density at radius 2 is 1.83 bits per heavy atom. The number of nitrogens with two attached hydrogens (primary N) is 1. The van der Waals surface area contributed by atoms with Crippen LogP contribution in [0.5, 0.6) is 0 Å². The molecule has 0 fully saturated rings. The van der Waals surface area contributed by atoms with Crippen LogP contribution in [0.1, 0.15) is 25.0 Å². The summed E-state index contributed by atoms with van der Waals surface area (Å²) in [6, 6.07) is 7.20. The zero-order chi connectivity index (χ0) is 13.8. The predicted molar refractivity (Wildman–Crippen MR) is 70.2 cm³/mol. The Morgan fingerprint density at radius 1 is 1.28 bits per heavy atom. The number of carbonyl (C=O) groups is 1. The van der Waals surface area contributed by atoms with Gasteiger partial charge in [0.25, 0.3) is 0 Å². The Kier molecular flexibility index (Phi) is 4.86. The largest absolute Gasteiger partial charge is 0.326 e. The molecule has 100 valence electrons. The summed E-state index contributed by atoms with van der Waals surface area (Å²) in [5.41, 5.74) is 7.14. The van der Waals surface area contributed by atoms with E-state index in [0.29, 0.717) is 6.54 Å². The molecule has 5 nitrogen and oxygen atoms in total. The maximum atomic E-state index is 11.7. The number of carbonyl (C=O) groups excluding carboxylic acids is 1. The summed E-state index contributed by atoms with van der Waals surface area (Å²) in [4.78, 5) is 11.7. The van der Waals surface area contributed by atoms with E-state index >= 15 is 0 Å². The zero-order valence-corrected chi connectivity index (χ0v) is 11.3. The van der Waals surface area contributed by atoms with Crippen LogP contribution in [0.3, 0.4) is 0 Å². The molecule has 1 amide bonds. The number of amides is 1. The lowest BCUT2D eigenvalue weighted by Gasteiger charge is -2.11. The smallest absolute Gasteiger partial charge is 0.237 e. The van der Waals surface area contributed by atoms with Gasteiger partial charge in [0.1, 0.15) is 0 Å². The molecule has 0 aliphatic rings. The third kappa shape index (κ3) is 3.82. The SMILES string of the molecule is CC(C)S(=O)(=O)NC(=O)Cc1ccccc1CN. The van der Waals surface area contributed by atoms with Gasteiger partial charge in [-0.15, -0.1) is 0 Å². The molecule has 1 aromatic rings. The second-order valence-corrected chi connectivity index (χ2v) is 6.51. The number of benzene rings is 1. The van der Waals surface area contributed by atoms with Gasteiger partial charge >= 0.3 is 0 Å². The van der Waals surface area contributed by atoms with Crippen molar-refractivity contribution < 1.29 is 13.2 Å². The number of hydrogen-bond acceptors (Lipinski definition) is 4. The topological polar surface area (TPSA) is 89.3 Å². The summed E-state index contributed by atoms with van der Waals surface area (Å²) < 4.78 is 25.1. The Balaban J connectivity index is 2.77. The number of rotatable bonds is 5. The molecule has 0 bridgehead atoms. The van der Waals surface area contributed by atoms with Crippen molar-refractivity contribution in [1.29, 1.82) is 0 Å². The van der Waals surface area contributed by atoms with E-state index in [1.165, 1.54) is 13.8 Å². The van der Waals surface area contributed by atoms with Crippen LogP contribution >= 0.6 is 0 Å². The Bertz CT molecular complexity index is 524. The highest BCUT2D eigenvalue weighted by Crippen LogP contribution is 2.09. The minimum Gasteiger partial charge on any atom is -0.326 e. The first-order valence-electron chi connectivity index (χ1n) is 5.68. The van der Waals surface area contributed by atoms with E-state index < -0.39 is 21.2 Å². The first-order valence-corrected chi connectivity index (χ1v) is 7.22. The average Bonchev–Trinajstić information content (AvgIpc) is 2.28. The second kappa shape index (κ2) is 5.97. The van der Waals surface area contributed by atoms with Crippen molar-refractivity contribution >= 4 is 15.9 Å². The number of hydrogen-bond donors (Lipinski definition) is 2. The molecule has 0 unspecified atom stereocenters. The van der Waals surface area contributed by atoms with E-state index in [-0.39, 0.29) is 6.42 Å². The van der Waals surface area contributed by atoms with Gasteiger partial charge in [-0.1, -0.05) is 24.3 Å². The molecule has 3 N–H and O–H groups in total. The quantitative estimate of drug-likeness (QED) is 0.817. The first-order chi connectivity index (χ1) is 8.36. The van der Waals surface area contributed by atoms with Crippen molar-refractivity contribution in [2.75, 3.05) is 0 Å².